The lowest BCUT2D eigenvalue weighted by Crippen LogP contribution is -2.33. The van der Waals surface area contributed by atoms with Crippen molar-refractivity contribution in [1.29, 1.82) is 0 Å². The molecule has 6 nitrogen and oxygen atoms in total. The predicted octanol–water partition coefficient (Wildman–Crippen LogP) is 1.17. The molecule has 1 aromatic rings. The lowest BCUT2D eigenvalue weighted by molar-refractivity contribution is -0.129. The molecule has 0 aromatic carbocycles. The standard InChI is InChI=1S/C16H24N4O2/c1-11(2)8-19-10-17-6-14(19)7-18-16(22)12-5-15(21)20(9-12)13-3-4-13/h6,10-13H,3-5,7-9H2,1-2H3,(H,18,22)/t12-/m1/s1. The highest BCUT2D eigenvalue weighted by Gasteiger charge is 2.41. The predicted molar refractivity (Wildman–Crippen MR) is 81.8 cm³/mol. The van der Waals surface area contributed by atoms with E-state index in [-0.39, 0.29) is 17.7 Å². The van der Waals surface area contributed by atoms with Gasteiger partial charge in [0.25, 0.3) is 0 Å². The van der Waals surface area contributed by atoms with Crippen LogP contribution in [0.5, 0.6) is 0 Å². The summed E-state index contributed by atoms with van der Waals surface area (Å²) in [6.45, 7) is 6.25. The fraction of sp³-hybridized carbons (Fsp3) is 0.688. The van der Waals surface area contributed by atoms with Crippen molar-refractivity contribution in [2.45, 2.75) is 52.2 Å². The van der Waals surface area contributed by atoms with Crippen LogP contribution in [-0.4, -0.2) is 38.9 Å². The highest BCUT2D eigenvalue weighted by Crippen LogP contribution is 2.32. The molecule has 120 valence electrons. The summed E-state index contributed by atoms with van der Waals surface area (Å²) in [6, 6.07) is 0.401. The first-order chi connectivity index (χ1) is 10.5. The van der Waals surface area contributed by atoms with Gasteiger partial charge in [0.1, 0.15) is 0 Å². The zero-order chi connectivity index (χ0) is 15.7. The Kier molecular flexibility index (Phi) is 4.18. The molecule has 1 saturated carbocycles. The molecule has 0 radical (unpaired) electrons. The minimum atomic E-state index is -0.199. The summed E-state index contributed by atoms with van der Waals surface area (Å²) in [5.74, 6) is 0.444. The molecule has 1 aliphatic heterocycles. The number of likely N-dealkylation sites (tertiary alicyclic amines) is 1. The SMILES string of the molecule is CC(C)Cn1cncc1CNC(=O)[C@@H]1CC(=O)N(C2CC2)C1. The third kappa shape index (κ3) is 3.31. The van der Waals surface area contributed by atoms with E-state index in [9.17, 15) is 9.59 Å². The van der Waals surface area contributed by atoms with E-state index in [1.54, 1.807) is 12.5 Å². The molecule has 1 atom stereocenters. The first-order valence-electron chi connectivity index (χ1n) is 8.10. The molecule has 1 aliphatic carbocycles. The molecule has 0 bridgehead atoms. The molecular formula is C16H24N4O2. The van der Waals surface area contributed by atoms with Crippen LogP contribution < -0.4 is 5.32 Å². The van der Waals surface area contributed by atoms with E-state index in [2.05, 4.69) is 28.7 Å². The minimum Gasteiger partial charge on any atom is -0.350 e. The maximum atomic E-state index is 12.3. The quantitative estimate of drug-likeness (QED) is 0.858. The number of aromatic nitrogens is 2. The van der Waals surface area contributed by atoms with Crippen LogP contribution in [0, 0.1) is 11.8 Å². The summed E-state index contributed by atoms with van der Waals surface area (Å²) in [5, 5.41) is 2.96. The van der Waals surface area contributed by atoms with Gasteiger partial charge in [-0.15, -0.1) is 0 Å². The van der Waals surface area contributed by atoms with Crippen LogP contribution in [0.3, 0.4) is 0 Å². The molecule has 1 saturated heterocycles. The Morgan fingerprint density at radius 1 is 1.45 bits per heavy atom. The van der Waals surface area contributed by atoms with Gasteiger partial charge < -0.3 is 14.8 Å². The van der Waals surface area contributed by atoms with Gasteiger partial charge >= 0.3 is 0 Å². The second-order valence-electron chi connectivity index (χ2n) is 6.83. The number of imidazole rings is 1. The van der Waals surface area contributed by atoms with E-state index in [1.165, 1.54) is 0 Å². The lowest BCUT2D eigenvalue weighted by atomic mass is 10.1. The van der Waals surface area contributed by atoms with Gasteiger partial charge in [-0.25, -0.2) is 4.98 Å². The van der Waals surface area contributed by atoms with Crippen molar-refractivity contribution in [3.8, 4) is 0 Å². The number of hydrogen-bond acceptors (Lipinski definition) is 3. The lowest BCUT2D eigenvalue weighted by Gasteiger charge is -2.15. The van der Waals surface area contributed by atoms with Crippen LogP contribution >= 0.6 is 0 Å². The maximum Gasteiger partial charge on any atom is 0.225 e. The Labute approximate surface area is 130 Å². The van der Waals surface area contributed by atoms with Crippen LogP contribution in [-0.2, 0) is 22.7 Å². The van der Waals surface area contributed by atoms with Crippen molar-refractivity contribution in [3.05, 3.63) is 18.2 Å². The van der Waals surface area contributed by atoms with Crippen LogP contribution in [0.15, 0.2) is 12.5 Å². The molecule has 22 heavy (non-hydrogen) atoms. The summed E-state index contributed by atoms with van der Waals surface area (Å²) < 4.78 is 2.07. The van der Waals surface area contributed by atoms with E-state index in [4.69, 9.17) is 0 Å². The van der Waals surface area contributed by atoms with Crippen molar-refractivity contribution in [2.24, 2.45) is 11.8 Å². The Bertz CT molecular complexity index is 562. The van der Waals surface area contributed by atoms with E-state index in [1.807, 2.05) is 4.90 Å². The summed E-state index contributed by atoms with van der Waals surface area (Å²) >= 11 is 0. The second kappa shape index (κ2) is 6.10. The van der Waals surface area contributed by atoms with Gasteiger partial charge in [0.05, 0.1) is 24.5 Å². The third-order valence-electron chi connectivity index (χ3n) is 4.32. The highest BCUT2D eigenvalue weighted by atomic mass is 16.2. The van der Waals surface area contributed by atoms with Gasteiger partial charge in [0.15, 0.2) is 0 Å². The molecule has 2 heterocycles. The minimum absolute atomic E-state index is 0.0196. The van der Waals surface area contributed by atoms with Crippen molar-refractivity contribution in [3.63, 3.8) is 0 Å². The molecule has 6 heteroatoms. The van der Waals surface area contributed by atoms with Gasteiger partial charge in [0, 0.05) is 31.7 Å². The van der Waals surface area contributed by atoms with Gasteiger partial charge in [0.2, 0.25) is 11.8 Å². The van der Waals surface area contributed by atoms with E-state index < -0.39 is 0 Å². The highest BCUT2D eigenvalue weighted by molar-refractivity contribution is 5.89. The number of carbonyl (C=O) groups is 2. The molecular weight excluding hydrogens is 280 g/mol. The molecule has 0 spiro atoms. The third-order valence-corrected chi connectivity index (χ3v) is 4.32. The number of nitrogens with zero attached hydrogens (tertiary/aromatic N) is 3. The summed E-state index contributed by atoms with van der Waals surface area (Å²) in [7, 11) is 0. The van der Waals surface area contributed by atoms with Crippen LogP contribution in [0.25, 0.3) is 0 Å². The second-order valence-corrected chi connectivity index (χ2v) is 6.83. The van der Waals surface area contributed by atoms with Crippen LogP contribution in [0.2, 0.25) is 0 Å². The number of carbonyl (C=O) groups excluding carboxylic acids is 2. The average molecular weight is 304 g/mol. The molecule has 1 N–H and O–H groups in total. The first kappa shape index (κ1) is 15.1. The Morgan fingerprint density at radius 3 is 2.91 bits per heavy atom. The summed E-state index contributed by atoms with van der Waals surface area (Å²) in [4.78, 5) is 30.2. The maximum absolute atomic E-state index is 12.3. The molecule has 2 aliphatic rings. The molecule has 1 aromatic heterocycles. The van der Waals surface area contributed by atoms with Crippen molar-refractivity contribution < 1.29 is 9.59 Å². The fourth-order valence-corrected chi connectivity index (χ4v) is 3.02. The largest absolute Gasteiger partial charge is 0.350 e. The number of nitrogens with one attached hydrogen (secondary N) is 1. The van der Waals surface area contributed by atoms with Crippen molar-refractivity contribution in [2.75, 3.05) is 6.54 Å². The molecule has 2 fully saturated rings. The molecule has 3 rings (SSSR count). The van der Waals surface area contributed by atoms with E-state index in [0.29, 0.717) is 31.5 Å². The monoisotopic (exact) mass is 304 g/mol. The van der Waals surface area contributed by atoms with Gasteiger partial charge in [-0.05, 0) is 18.8 Å². The normalized spacial score (nSPS) is 21.7. The van der Waals surface area contributed by atoms with Crippen molar-refractivity contribution >= 4 is 11.8 Å². The smallest absolute Gasteiger partial charge is 0.225 e. The van der Waals surface area contributed by atoms with E-state index in [0.717, 1.165) is 25.1 Å². The zero-order valence-corrected chi connectivity index (χ0v) is 13.3. The Morgan fingerprint density at radius 2 is 2.23 bits per heavy atom. The number of hydrogen-bond donors (Lipinski definition) is 1. The van der Waals surface area contributed by atoms with Gasteiger partial charge in [-0.3, -0.25) is 9.59 Å². The fourth-order valence-electron chi connectivity index (χ4n) is 3.02. The summed E-state index contributed by atoms with van der Waals surface area (Å²) in [5.41, 5.74) is 1.01. The first-order valence-corrected chi connectivity index (χ1v) is 8.10. The van der Waals surface area contributed by atoms with Crippen LogP contribution in [0.1, 0.15) is 38.8 Å². The zero-order valence-electron chi connectivity index (χ0n) is 13.3. The Balaban J connectivity index is 1.52. The van der Waals surface area contributed by atoms with Crippen molar-refractivity contribution in [1.82, 2.24) is 19.8 Å². The van der Waals surface area contributed by atoms with Gasteiger partial charge in [-0.1, -0.05) is 13.8 Å². The Hall–Kier alpha value is -1.85. The summed E-state index contributed by atoms with van der Waals surface area (Å²) in [6.07, 6.45) is 6.13. The number of amides is 2. The molecule has 0 unspecified atom stereocenters. The van der Waals surface area contributed by atoms with Crippen LogP contribution in [0.4, 0.5) is 0 Å². The molecule has 2 amide bonds. The van der Waals surface area contributed by atoms with E-state index >= 15 is 0 Å². The average Bonchev–Trinajstić information content (AvgIpc) is 3.10. The number of rotatable bonds is 6. The topological polar surface area (TPSA) is 67.2 Å². The van der Waals surface area contributed by atoms with Gasteiger partial charge in [-0.2, -0.15) is 0 Å².